The van der Waals surface area contributed by atoms with Crippen molar-refractivity contribution in [2.24, 2.45) is 10.9 Å². The summed E-state index contributed by atoms with van der Waals surface area (Å²) >= 11 is 0. The van der Waals surface area contributed by atoms with E-state index in [1.54, 1.807) is 24.3 Å². The van der Waals surface area contributed by atoms with Gasteiger partial charge in [-0.3, -0.25) is 24.8 Å². The number of carbonyl (C=O) groups excluding carboxylic acids is 3. The van der Waals surface area contributed by atoms with Crippen LogP contribution in [0.15, 0.2) is 58.1 Å². The molecule has 0 unspecified atom stereocenters. The van der Waals surface area contributed by atoms with Crippen LogP contribution >= 0.6 is 0 Å². The topological polar surface area (TPSA) is 92.0 Å². The van der Waals surface area contributed by atoms with Gasteiger partial charge in [-0.05, 0) is 17.7 Å². The van der Waals surface area contributed by atoms with Crippen LogP contribution in [0, 0.1) is 5.92 Å². The third-order valence-electron chi connectivity index (χ3n) is 3.56. The van der Waals surface area contributed by atoms with E-state index in [4.69, 9.17) is 4.42 Å². The Morgan fingerprint density at radius 2 is 1.92 bits per heavy atom. The molecular formula is C17H15N3O4. The lowest BCUT2D eigenvalue weighted by Gasteiger charge is -2.28. The van der Waals surface area contributed by atoms with Gasteiger partial charge in [-0.2, -0.15) is 0 Å². The number of aliphatic imine (C=N–C) groups is 1. The molecule has 1 aliphatic rings. The van der Waals surface area contributed by atoms with Gasteiger partial charge < -0.3 is 4.42 Å². The molecule has 1 aromatic heterocycles. The molecule has 1 saturated heterocycles. The zero-order chi connectivity index (χ0) is 16.9. The Morgan fingerprint density at radius 3 is 2.62 bits per heavy atom. The van der Waals surface area contributed by atoms with Gasteiger partial charge in [0.2, 0.25) is 11.8 Å². The average Bonchev–Trinajstić information content (AvgIpc) is 3.09. The predicted octanol–water partition coefficient (Wildman–Crippen LogP) is 1.75. The van der Waals surface area contributed by atoms with Gasteiger partial charge in [0.15, 0.2) is 5.92 Å². The molecule has 7 nitrogen and oxygen atoms in total. The first-order valence-corrected chi connectivity index (χ1v) is 7.37. The summed E-state index contributed by atoms with van der Waals surface area (Å²) in [7, 11) is 0. The van der Waals surface area contributed by atoms with Crippen molar-refractivity contribution in [3.63, 3.8) is 0 Å². The smallest absolute Gasteiger partial charge is 0.331 e. The van der Waals surface area contributed by atoms with Gasteiger partial charge in [-0.25, -0.2) is 4.79 Å². The van der Waals surface area contributed by atoms with Gasteiger partial charge in [0.25, 0.3) is 0 Å². The highest BCUT2D eigenvalue weighted by molar-refractivity contribution is 6.23. The van der Waals surface area contributed by atoms with E-state index in [1.165, 1.54) is 12.5 Å². The molecule has 1 atom stereocenters. The number of hydrogen-bond acceptors (Lipinski definition) is 5. The third-order valence-corrected chi connectivity index (χ3v) is 3.56. The first kappa shape index (κ1) is 15.7. The van der Waals surface area contributed by atoms with Crippen LogP contribution < -0.4 is 5.32 Å². The van der Waals surface area contributed by atoms with Gasteiger partial charge in [0.1, 0.15) is 5.76 Å². The summed E-state index contributed by atoms with van der Waals surface area (Å²) in [5.41, 5.74) is 0.793. The van der Waals surface area contributed by atoms with E-state index in [2.05, 4.69) is 10.3 Å². The Morgan fingerprint density at radius 1 is 1.12 bits per heavy atom. The van der Waals surface area contributed by atoms with Gasteiger partial charge in [0.05, 0.1) is 19.4 Å². The van der Waals surface area contributed by atoms with Crippen LogP contribution in [-0.2, 0) is 22.7 Å². The van der Waals surface area contributed by atoms with Gasteiger partial charge in [-0.15, -0.1) is 0 Å². The number of hydrogen-bond donors (Lipinski definition) is 1. The molecule has 3 rings (SSSR count). The number of furan rings is 1. The Kier molecular flexibility index (Phi) is 4.51. The Bertz CT molecular complexity index is 768. The molecular weight excluding hydrogens is 310 g/mol. The average molecular weight is 325 g/mol. The lowest BCUT2D eigenvalue weighted by molar-refractivity contribution is -0.139. The molecule has 2 heterocycles. The first-order valence-electron chi connectivity index (χ1n) is 7.37. The van der Waals surface area contributed by atoms with Crippen molar-refractivity contribution in [3.8, 4) is 0 Å². The summed E-state index contributed by atoms with van der Waals surface area (Å²) in [5, 5.41) is 2.19. The monoisotopic (exact) mass is 325 g/mol. The molecule has 7 heteroatoms. The molecule has 24 heavy (non-hydrogen) atoms. The van der Waals surface area contributed by atoms with Crippen LogP contribution in [0.1, 0.15) is 11.3 Å². The summed E-state index contributed by atoms with van der Waals surface area (Å²) in [4.78, 5) is 41.4. The number of nitrogens with one attached hydrogen (secondary N) is 1. The summed E-state index contributed by atoms with van der Waals surface area (Å²) in [6, 6.07) is 11.8. The van der Waals surface area contributed by atoms with E-state index in [-0.39, 0.29) is 13.1 Å². The van der Waals surface area contributed by atoms with Gasteiger partial charge >= 0.3 is 6.03 Å². The fraction of sp³-hybridized carbons (Fsp3) is 0.176. The maximum absolute atomic E-state index is 12.5. The minimum absolute atomic E-state index is 0.0985. The van der Waals surface area contributed by atoms with E-state index >= 15 is 0 Å². The largest absolute Gasteiger partial charge is 0.467 e. The third kappa shape index (κ3) is 3.40. The molecule has 4 amide bonds. The summed E-state index contributed by atoms with van der Waals surface area (Å²) in [5.74, 6) is -1.76. The van der Waals surface area contributed by atoms with E-state index in [0.717, 1.165) is 10.5 Å². The zero-order valence-electron chi connectivity index (χ0n) is 12.7. The molecule has 1 aliphatic heterocycles. The lowest BCUT2D eigenvalue weighted by Crippen LogP contribution is -2.57. The number of urea groups is 1. The minimum Gasteiger partial charge on any atom is -0.467 e. The van der Waals surface area contributed by atoms with Gasteiger partial charge in [-0.1, -0.05) is 30.3 Å². The van der Waals surface area contributed by atoms with Crippen molar-refractivity contribution < 1.29 is 18.8 Å². The molecule has 1 fully saturated rings. The van der Waals surface area contributed by atoms with Crippen LogP contribution in [0.3, 0.4) is 0 Å². The number of rotatable bonds is 5. The molecule has 0 aliphatic carbocycles. The highest BCUT2D eigenvalue weighted by Crippen LogP contribution is 2.14. The Labute approximate surface area is 138 Å². The second kappa shape index (κ2) is 6.91. The second-order valence-electron chi connectivity index (χ2n) is 5.25. The van der Waals surface area contributed by atoms with Crippen molar-refractivity contribution in [1.82, 2.24) is 10.2 Å². The Hall–Kier alpha value is -3.22. The number of imide groups is 2. The lowest BCUT2D eigenvalue weighted by atomic mass is 10.1. The zero-order valence-corrected chi connectivity index (χ0v) is 12.7. The molecule has 2 aromatic rings. The van der Waals surface area contributed by atoms with E-state index in [1.807, 2.05) is 18.2 Å². The van der Waals surface area contributed by atoms with Crippen LogP contribution in [0.5, 0.6) is 0 Å². The van der Waals surface area contributed by atoms with Crippen molar-refractivity contribution >= 4 is 24.1 Å². The number of amides is 4. The van der Waals surface area contributed by atoms with Crippen LogP contribution in [-0.4, -0.2) is 29.0 Å². The highest BCUT2D eigenvalue weighted by atomic mass is 16.3. The maximum Gasteiger partial charge on any atom is 0.331 e. The fourth-order valence-corrected chi connectivity index (χ4v) is 2.33. The van der Waals surface area contributed by atoms with Crippen LogP contribution in [0.25, 0.3) is 0 Å². The van der Waals surface area contributed by atoms with Crippen LogP contribution in [0.4, 0.5) is 4.79 Å². The maximum atomic E-state index is 12.5. The van der Waals surface area contributed by atoms with Crippen molar-refractivity contribution in [2.45, 2.75) is 13.1 Å². The van der Waals surface area contributed by atoms with Crippen molar-refractivity contribution in [2.75, 3.05) is 0 Å². The predicted molar refractivity (Wildman–Crippen MR) is 84.9 cm³/mol. The highest BCUT2D eigenvalue weighted by Gasteiger charge is 2.39. The first-order chi connectivity index (χ1) is 11.6. The van der Waals surface area contributed by atoms with E-state index in [9.17, 15) is 14.4 Å². The number of benzene rings is 1. The molecule has 0 saturated carbocycles. The van der Waals surface area contributed by atoms with Gasteiger partial charge in [0, 0.05) is 6.21 Å². The second-order valence-corrected chi connectivity index (χ2v) is 5.25. The van der Waals surface area contributed by atoms with E-state index in [0.29, 0.717) is 5.76 Å². The normalized spacial score (nSPS) is 18.2. The van der Waals surface area contributed by atoms with E-state index < -0.39 is 23.8 Å². The molecule has 0 spiro atoms. The molecule has 1 N–H and O–H groups in total. The molecule has 1 aromatic carbocycles. The number of barbiturate groups is 1. The summed E-state index contributed by atoms with van der Waals surface area (Å²) in [6.45, 7) is 0.317. The number of nitrogens with zero attached hydrogens (tertiary/aromatic N) is 2. The standard InChI is InChI=1S/C17H15N3O4/c21-15-14(10-18-9-13-7-4-8-24-13)16(22)20(17(23)19-15)11-12-5-2-1-3-6-12/h1-8,10,14H,9,11H2,(H,19,21,23)/t14-/m1/s1. The molecule has 0 bridgehead atoms. The number of carbonyl (C=O) groups is 3. The van der Waals surface area contributed by atoms with Crippen LogP contribution in [0.2, 0.25) is 0 Å². The van der Waals surface area contributed by atoms with Crippen molar-refractivity contribution in [1.29, 1.82) is 0 Å². The summed E-state index contributed by atoms with van der Waals surface area (Å²) < 4.78 is 5.13. The molecule has 122 valence electrons. The quantitative estimate of drug-likeness (QED) is 0.669. The summed E-state index contributed by atoms with van der Waals surface area (Å²) in [6.07, 6.45) is 2.77. The van der Waals surface area contributed by atoms with Crippen molar-refractivity contribution in [3.05, 3.63) is 60.1 Å². The molecule has 0 radical (unpaired) electrons. The fourth-order valence-electron chi connectivity index (χ4n) is 2.33. The Balaban J connectivity index is 1.72. The minimum atomic E-state index is -1.12. The SMILES string of the molecule is O=C1NC(=O)N(Cc2ccccc2)C(=O)[C@@H]1C=NCc1ccco1.